The molecule has 266 valence electrons. The van der Waals surface area contributed by atoms with Crippen LogP contribution < -0.4 is 4.43 Å². The van der Waals surface area contributed by atoms with Gasteiger partial charge in [-0.15, -0.1) is 0 Å². The number of hydrogen-bond acceptors (Lipinski definition) is 6. The van der Waals surface area contributed by atoms with E-state index in [9.17, 15) is 9.59 Å². The number of likely N-dealkylation sites (tertiary alicyclic amines) is 1. The van der Waals surface area contributed by atoms with Crippen LogP contribution in [-0.2, 0) is 25.1 Å². The lowest BCUT2D eigenvalue weighted by Crippen LogP contribution is -2.49. The van der Waals surface area contributed by atoms with Gasteiger partial charge < -0.3 is 18.3 Å². The molecule has 7 nitrogen and oxygen atoms in total. The van der Waals surface area contributed by atoms with E-state index in [2.05, 4.69) is 99.8 Å². The molecule has 1 saturated heterocycles. The zero-order valence-electron chi connectivity index (χ0n) is 32.4. The molecule has 1 aromatic rings. The highest BCUT2D eigenvalue weighted by atomic mass is 28.4. The molecule has 0 bridgehead atoms. The third kappa shape index (κ3) is 9.61. The van der Waals surface area contributed by atoms with Gasteiger partial charge in [-0.05, 0) is 115 Å². The molecule has 1 amide bonds. The lowest BCUT2D eigenvalue weighted by molar-refractivity contribution is -0.128. The number of nitrogens with zero attached hydrogens (tertiary/aromatic N) is 1. The Morgan fingerprint density at radius 2 is 1.53 bits per heavy atom. The van der Waals surface area contributed by atoms with E-state index in [4.69, 9.17) is 18.3 Å². The van der Waals surface area contributed by atoms with Crippen molar-refractivity contribution in [3.63, 3.8) is 0 Å². The number of amides is 1. The van der Waals surface area contributed by atoms with Crippen molar-refractivity contribution in [2.24, 2.45) is 5.92 Å². The summed E-state index contributed by atoms with van der Waals surface area (Å²) in [5.74, 6) is 0.518. The number of carbonyl (C=O) groups is 2. The summed E-state index contributed by atoms with van der Waals surface area (Å²) in [5.41, 5.74) is 1.20. The van der Waals surface area contributed by atoms with Gasteiger partial charge in [-0.25, -0.2) is 4.79 Å². The molecule has 0 N–H and O–H groups in total. The van der Waals surface area contributed by atoms with E-state index in [-0.39, 0.29) is 39.5 Å². The van der Waals surface area contributed by atoms with Gasteiger partial charge in [-0.1, -0.05) is 59.8 Å². The molecular formula is C38H65NO6Si2. The summed E-state index contributed by atoms with van der Waals surface area (Å²) >= 11 is 0. The van der Waals surface area contributed by atoms with Crippen molar-refractivity contribution >= 4 is 28.5 Å². The lowest BCUT2D eigenvalue weighted by Gasteiger charge is -2.40. The van der Waals surface area contributed by atoms with Gasteiger partial charge in [0, 0.05) is 17.1 Å². The molecule has 2 aliphatic heterocycles. The zero-order chi connectivity index (χ0) is 36.0. The SMILES string of the molecule is CC(=O)[C@H]1C=C[C@@H](c2cc(C[C@H]3CCC(C)(C)N3C(=O)OC(C)(C)C)ccc2O[Si](C)(C)C(C)(C)C)O[C@@H]1CO[Si](C)(C)C(C)(C)C. The molecule has 4 atom stereocenters. The summed E-state index contributed by atoms with van der Waals surface area (Å²) in [7, 11) is -4.26. The Balaban J connectivity index is 2.02. The molecule has 0 spiro atoms. The fraction of sp³-hybridized carbons (Fsp3) is 0.737. The average molecular weight is 688 g/mol. The largest absolute Gasteiger partial charge is 0.543 e. The standard InChI is InChI=1S/C38H65NO6Si2/c1-26(40)29-18-20-31(43-33(29)25-42-46(13,14)36(5,6)7)30-24-27(17-19-32(30)45-47(15,16)37(8,9)10)23-28-21-22-38(11,12)39(28)34(41)44-35(2,3)4/h17-20,24,28-29,31,33H,21-23,25H2,1-16H3/t28-,29-,31+,33-/m1/s1. The predicted molar refractivity (Wildman–Crippen MR) is 197 cm³/mol. The van der Waals surface area contributed by atoms with Crippen LogP contribution in [0, 0.1) is 5.92 Å². The van der Waals surface area contributed by atoms with Crippen LogP contribution in [-0.4, -0.2) is 63.3 Å². The van der Waals surface area contributed by atoms with E-state index in [1.165, 1.54) is 0 Å². The maximum Gasteiger partial charge on any atom is 0.410 e. The number of ether oxygens (including phenoxy) is 2. The number of carbonyl (C=O) groups excluding carboxylic acids is 2. The lowest BCUT2D eigenvalue weighted by atomic mass is 9.92. The maximum absolute atomic E-state index is 13.4. The second kappa shape index (κ2) is 13.8. The van der Waals surface area contributed by atoms with Crippen molar-refractivity contribution in [2.75, 3.05) is 6.61 Å². The van der Waals surface area contributed by atoms with Crippen molar-refractivity contribution < 1.29 is 27.9 Å². The quantitative estimate of drug-likeness (QED) is 0.190. The van der Waals surface area contributed by atoms with Gasteiger partial charge >= 0.3 is 6.09 Å². The third-order valence-corrected chi connectivity index (χ3v) is 19.7. The van der Waals surface area contributed by atoms with Crippen LogP contribution >= 0.6 is 0 Å². The van der Waals surface area contributed by atoms with Crippen LogP contribution in [0.25, 0.3) is 0 Å². The topological polar surface area (TPSA) is 74.3 Å². The number of hydrogen-bond donors (Lipinski definition) is 0. The average Bonchev–Trinajstić information content (AvgIpc) is 3.19. The Labute approximate surface area is 288 Å². The molecule has 2 heterocycles. The van der Waals surface area contributed by atoms with Crippen LogP contribution in [0.5, 0.6) is 5.75 Å². The summed E-state index contributed by atoms with van der Waals surface area (Å²) < 4.78 is 26.2. The summed E-state index contributed by atoms with van der Waals surface area (Å²) in [6.45, 7) is 34.3. The number of rotatable bonds is 9. The molecule has 0 aliphatic carbocycles. The van der Waals surface area contributed by atoms with Crippen LogP contribution in [0.15, 0.2) is 30.4 Å². The smallest absolute Gasteiger partial charge is 0.410 e. The molecule has 3 rings (SSSR count). The van der Waals surface area contributed by atoms with Gasteiger partial charge in [0.2, 0.25) is 8.32 Å². The molecule has 9 heteroatoms. The Kier molecular flexibility index (Phi) is 11.6. The van der Waals surface area contributed by atoms with Crippen LogP contribution in [0.1, 0.15) is 113 Å². The van der Waals surface area contributed by atoms with Gasteiger partial charge in [0.05, 0.1) is 18.6 Å². The second-order valence-corrected chi connectivity index (χ2v) is 28.0. The van der Waals surface area contributed by atoms with E-state index in [0.29, 0.717) is 13.0 Å². The molecule has 0 unspecified atom stereocenters. The fourth-order valence-electron chi connectivity index (χ4n) is 5.79. The molecule has 0 radical (unpaired) electrons. The minimum atomic E-state index is -2.19. The number of Topliss-reactive ketones (excluding diaryl/α,β-unsaturated/α-hetero) is 1. The minimum absolute atomic E-state index is 0.00875. The highest BCUT2D eigenvalue weighted by Gasteiger charge is 2.45. The van der Waals surface area contributed by atoms with Crippen LogP contribution in [0.4, 0.5) is 4.79 Å². The molecule has 1 aromatic carbocycles. The molecule has 1 fully saturated rings. The monoisotopic (exact) mass is 687 g/mol. The Bertz CT molecular complexity index is 1310. The van der Waals surface area contributed by atoms with Crippen molar-refractivity contribution in [2.45, 2.75) is 168 Å². The highest BCUT2D eigenvalue weighted by molar-refractivity contribution is 6.75. The van der Waals surface area contributed by atoms with Gasteiger partial charge in [0.1, 0.15) is 23.2 Å². The molecular weight excluding hydrogens is 623 g/mol. The first kappa shape index (κ1) is 39.5. The summed E-state index contributed by atoms with van der Waals surface area (Å²) in [6.07, 6.45) is 5.45. The Morgan fingerprint density at radius 1 is 0.936 bits per heavy atom. The Hall–Kier alpha value is -1.95. The minimum Gasteiger partial charge on any atom is -0.543 e. The van der Waals surface area contributed by atoms with Crippen molar-refractivity contribution in [3.05, 3.63) is 41.5 Å². The van der Waals surface area contributed by atoms with E-state index < -0.39 is 34.4 Å². The van der Waals surface area contributed by atoms with E-state index >= 15 is 0 Å². The predicted octanol–water partition coefficient (Wildman–Crippen LogP) is 10.0. The first-order valence-corrected chi connectivity index (χ1v) is 23.3. The van der Waals surface area contributed by atoms with Gasteiger partial charge in [0.25, 0.3) is 0 Å². The van der Waals surface area contributed by atoms with E-state index in [1.54, 1.807) is 6.92 Å². The summed E-state index contributed by atoms with van der Waals surface area (Å²) in [4.78, 5) is 28.2. The first-order chi connectivity index (χ1) is 21.2. The van der Waals surface area contributed by atoms with E-state index in [1.807, 2.05) is 37.8 Å². The molecule has 0 saturated carbocycles. The van der Waals surface area contributed by atoms with Gasteiger partial charge in [-0.2, -0.15) is 0 Å². The van der Waals surface area contributed by atoms with Crippen molar-refractivity contribution in [1.82, 2.24) is 4.90 Å². The maximum atomic E-state index is 13.4. The number of benzene rings is 1. The zero-order valence-corrected chi connectivity index (χ0v) is 34.4. The summed E-state index contributed by atoms with van der Waals surface area (Å²) in [5, 5.41) is 0.0535. The van der Waals surface area contributed by atoms with Crippen molar-refractivity contribution in [1.29, 1.82) is 0 Å². The molecule has 0 aromatic heterocycles. The van der Waals surface area contributed by atoms with E-state index in [0.717, 1.165) is 29.7 Å². The highest BCUT2D eigenvalue weighted by Crippen LogP contribution is 2.43. The summed E-state index contributed by atoms with van der Waals surface area (Å²) in [6, 6.07) is 6.41. The van der Waals surface area contributed by atoms with Crippen molar-refractivity contribution in [3.8, 4) is 5.75 Å². The van der Waals surface area contributed by atoms with Gasteiger partial charge in [-0.3, -0.25) is 9.69 Å². The number of ketones is 1. The second-order valence-electron chi connectivity index (χ2n) is 18.5. The normalized spacial score (nSPS) is 24.0. The van der Waals surface area contributed by atoms with Gasteiger partial charge in [0.15, 0.2) is 8.32 Å². The first-order valence-electron chi connectivity index (χ1n) is 17.5. The Morgan fingerprint density at radius 3 is 2.06 bits per heavy atom. The van der Waals surface area contributed by atoms with Crippen LogP contribution in [0.3, 0.4) is 0 Å². The third-order valence-electron chi connectivity index (χ3n) is 10.8. The molecule has 47 heavy (non-hydrogen) atoms. The van der Waals surface area contributed by atoms with Crippen LogP contribution in [0.2, 0.25) is 36.3 Å². The molecule has 2 aliphatic rings. The fourth-order valence-corrected chi connectivity index (χ4v) is 7.85.